The van der Waals surface area contributed by atoms with Crippen LogP contribution in [0.3, 0.4) is 0 Å². The molecule has 0 spiro atoms. The largest absolute Gasteiger partial charge is 0.478 e. The van der Waals surface area contributed by atoms with E-state index < -0.39 is 18.0 Å². The lowest BCUT2D eigenvalue weighted by Crippen LogP contribution is -2.35. The molecule has 1 unspecified atom stereocenters. The Morgan fingerprint density at radius 3 is 2.37 bits per heavy atom. The Hall–Kier alpha value is -3.28. The third-order valence-electron chi connectivity index (χ3n) is 6.39. The van der Waals surface area contributed by atoms with Crippen molar-refractivity contribution in [2.24, 2.45) is 0 Å². The number of hydrogen-bond donors (Lipinski definition) is 2. The van der Waals surface area contributed by atoms with E-state index in [1.807, 2.05) is 41.0 Å². The standard InChI is InChI=1S/C24H23NO5/c26-23(27)17-12-11-16-19(14-7-3-1-4-8-14)20(15-9-5-2-6-10-15)25-13-18(24(28)29)30-22(17)21(16)25/h2,5-6,9-12,14,18H,1,3-4,7-8,13H2,(H,26,27)(H,28,29). The van der Waals surface area contributed by atoms with Crippen molar-refractivity contribution >= 4 is 22.8 Å². The van der Waals surface area contributed by atoms with E-state index >= 15 is 0 Å². The van der Waals surface area contributed by atoms with Crippen molar-refractivity contribution in [3.63, 3.8) is 0 Å². The molecule has 0 bridgehead atoms. The third kappa shape index (κ3) is 2.86. The first-order chi connectivity index (χ1) is 14.6. The van der Waals surface area contributed by atoms with Crippen LogP contribution in [-0.4, -0.2) is 32.8 Å². The number of aromatic carboxylic acids is 1. The van der Waals surface area contributed by atoms with Gasteiger partial charge in [0.15, 0.2) is 5.75 Å². The van der Waals surface area contributed by atoms with E-state index in [2.05, 4.69) is 0 Å². The van der Waals surface area contributed by atoms with E-state index in [0.29, 0.717) is 11.4 Å². The van der Waals surface area contributed by atoms with Crippen molar-refractivity contribution < 1.29 is 24.5 Å². The maximum Gasteiger partial charge on any atom is 0.346 e. The van der Waals surface area contributed by atoms with Gasteiger partial charge in [0.1, 0.15) is 5.56 Å². The minimum Gasteiger partial charge on any atom is -0.478 e. The summed E-state index contributed by atoms with van der Waals surface area (Å²) in [5.74, 6) is -1.69. The highest BCUT2D eigenvalue weighted by Crippen LogP contribution is 2.48. The molecule has 2 aromatic carbocycles. The number of rotatable bonds is 4. The second kappa shape index (κ2) is 7.20. The highest BCUT2D eigenvalue weighted by Gasteiger charge is 2.36. The van der Waals surface area contributed by atoms with Gasteiger partial charge in [0.05, 0.1) is 17.8 Å². The van der Waals surface area contributed by atoms with Crippen molar-refractivity contribution in [2.45, 2.75) is 50.7 Å². The van der Waals surface area contributed by atoms with Gasteiger partial charge in [-0.1, -0.05) is 55.7 Å². The van der Waals surface area contributed by atoms with Gasteiger partial charge in [0.25, 0.3) is 0 Å². The number of carboxylic acids is 2. The van der Waals surface area contributed by atoms with E-state index in [4.69, 9.17) is 4.74 Å². The minimum atomic E-state index is -1.13. The molecule has 3 aromatic rings. The van der Waals surface area contributed by atoms with Crippen LogP contribution in [0.4, 0.5) is 0 Å². The van der Waals surface area contributed by atoms with Crippen molar-refractivity contribution in [1.82, 2.24) is 4.57 Å². The van der Waals surface area contributed by atoms with Crippen LogP contribution in [0.5, 0.6) is 5.75 Å². The summed E-state index contributed by atoms with van der Waals surface area (Å²) in [5, 5.41) is 20.4. The summed E-state index contributed by atoms with van der Waals surface area (Å²) >= 11 is 0. The Bertz CT molecular complexity index is 1140. The Balaban J connectivity index is 1.86. The molecule has 0 amide bonds. The van der Waals surface area contributed by atoms with Gasteiger partial charge >= 0.3 is 11.9 Å². The average molecular weight is 405 g/mol. The fourth-order valence-electron chi connectivity index (χ4n) is 5.10. The smallest absolute Gasteiger partial charge is 0.346 e. The molecule has 2 N–H and O–H groups in total. The molecule has 6 nitrogen and oxygen atoms in total. The molecular weight excluding hydrogens is 382 g/mol. The number of hydrogen-bond acceptors (Lipinski definition) is 3. The summed E-state index contributed by atoms with van der Waals surface area (Å²) in [7, 11) is 0. The molecule has 1 saturated carbocycles. The van der Waals surface area contributed by atoms with Crippen LogP contribution in [0.1, 0.15) is 53.9 Å². The van der Waals surface area contributed by atoms with E-state index in [0.717, 1.165) is 29.5 Å². The predicted molar refractivity (Wildman–Crippen MR) is 112 cm³/mol. The monoisotopic (exact) mass is 405 g/mol. The van der Waals surface area contributed by atoms with Gasteiger partial charge in [-0.25, -0.2) is 9.59 Å². The summed E-state index contributed by atoms with van der Waals surface area (Å²) in [5.41, 5.74) is 3.91. The number of carbonyl (C=O) groups is 2. The second-order valence-corrected chi connectivity index (χ2v) is 8.16. The van der Waals surface area contributed by atoms with Crippen molar-refractivity contribution in [2.75, 3.05) is 0 Å². The molecule has 2 aliphatic rings. The maximum absolute atomic E-state index is 11.9. The SMILES string of the molecule is O=C(O)c1ccc2c(C3CCCCC3)c(-c3ccccc3)n3c2c1OC(C(=O)O)C3. The molecular formula is C24H23NO5. The summed E-state index contributed by atoms with van der Waals surface area (Å²) in [4.78, 5) is 23.7. The second-order valence-electron chi connectivity index (χ2n) is 8.16. The lowest BCUT2D eigenvalue weighted by Gasteiger charge is -2.26. The fourth-order valence-corrected chi connectivity index (χ4v) is 5.10. The summed E-state index contributed by atoms with van der Waals surface area (Å²) in [6, 6.07) is 13.4. The van der Waals surface area contributed by atoms with Crippen LogP contribution in [0, 0.1) is 0 Å². The van der Waals surface area contributed by atoms with Crippen LogP contribution in [0.25, 0.3) is 22.2 Å². The van der Waals surface area contributed by atoms with Gasteiger partial charge in [0.2, 0.25) is 6.10 Å². The third-order valence-corrected chi connectivity index (χ3v) is 6.39. The average Bonchev–Trinajstić information content (AvgIpc) is 3.10. The molecule has 2 heterocycles. The van der Waals surface area contributed by atoms with E-state index in [9.17, 15) is 19.8 Å². The molecule has 5 rings (SSSR count). The van der Waals surface area contributed by atoms with Crippen molar-refractivity contribution in [3.05, 3.63) is 53.6 Å². The van der Waals surface area contributed by atoms with Gasteiger partial charge in [-0.15, -0.1) is 0 Å². The fraction of sp³-hybridized carbons (Fsp3) is 0.333. The van der Waals surface area contributed by atoms with Crippen LogP contribution in [-0.2, 0) is 11.3 Å². The first kappa shape index (κ1) is 18.7. The Morgan fingerprint density at radius 2 is 1.70 bits per heavy atom. The highest BCUT2D eigenvalue weighted by molar-refractivity contribution is 6.04. The first-order valence-electron chi connectivity index (χ1n) is 10.4. The maximum atomic E-state index is 11.9. The Morgan fingerprint density at radius 1 is 0.967 bits per heavy atom. The van der Waals surface area contributed by atoms with Crippen molar-refractivity contribution in [3.8, 4) is 17.0 Å². The lowest BCUT2D eigenvalue weighted by atomic mass is 9.81. The molecule has 0 radical (unpaired) electrons. The Kier molecular flexibility index (Phi) is 4.50. The van der Waals surface area contributed by atoms with Crippen LogP contribution in [0.2, 0.25) is 0 Å². The molecule has 154 valence electrons. The normalized spacial score (nSPS) is 18.9. The van der Waals surface area contributed by atoms with Gasteiger partial charge in [-0.2, -0.15) is 0 Å². The zero-order chi connectivity index (χ0) is 20.8. The number of benzene rings is 2. The zero-order valence-corrected chi connectivity index (χ0v) is 16.5. The molecule has 1 aromatic heterocycles. The van der Waals surface area contributed by atoms with Gasteiger partial charge in [-0.05, 0) is 36.0 Å². The quantitative estimate of drug-likeness (QED) is 0.644. The van der Waals surface area contributed by atoms with Crippen molar-refractivity contribution in [1.29, 1.82) is 0 Å². The van der Waals surface area contributed by atoms with Gasteiger partial charge in [0, 0.05) is 5.39 Å². The Labute approximate surface area is 173 Å². The predicted octanol–water partition coefficient (Wildman–Crippen LogP) is 4.90. The molecule has 1 atom stereocenters. The number of nitrogens with zero attached hydrogens (tertiary/aromatic N) is 1. The number of aromatic nitrogens is 1. The van der Waals surface area contributed by atoms with E-state index in [1.54, 1.807) is 6.07 Å². The molecule has 6 heteroatoms. The highest BCUT2D eigenvalue weighted by atomic mass is 16.5. The molecule has 0 saturated heterocycles. The number of aliphatic carboxylic acids is 1. The molecule has 30 heavy (non-hydrogen) atoms. The lowest BCUT2D eigenvalue weighted by molar-refractivity contribution is -0.146. The van der Waals surface area contributed by atoms with E-state index in [1.165, 1.54) is 24.8 Å². The molecule has 1 fully saturated rings. The van der Waals surface area contributed by atoms with Crippen LogP contribution in [0.15, 0.2) is 42.5 Å². The molecule has 1 aliphatic heterocycles. The van der Waals surface area contributed by atoms with Gasteiger partial charge < -0.3 is 19.5 Å². The topological polar surface area (TPSA) is 88.8 Å². The van der Waals surface area contributed by atoms with E-state index in [-0.39, 0.29) is 17.9 Å². The first-order valence-corrected chi connectivity index (χ1v) is 10.4. The minimum absolute atomic E-state index is 0.00186. The zero-order valence-electron chi connectivity index (χ0n) is 16.5. The van der Waals surface area contributed by atoms with Crippen LogP contribution >= 0.6 is 0 Å². The van der Waals surface area contributed by atoms with Crippen LogP contribution < -0.4 is 4.74 Å². The summed E-state index contributed by atoms with van der Waals surface area (Å²) in [6.45, 7) is 0.152. The number of carboxylic acid groups (broad SMARTS) is 2. The molecule has 1 aliphatic carbocycles. The summed E-state index contributed by atoms with van der Waals surface area (Å²) < 4.78 is 7.73. The summed E-state index contributed by atoms with van der Waals surface area (Å²) in [6.07, 6.45) is 4.60. The number of ether oxygens (including phenoxy) is 1. The van der Waals surface area contributed by atoms with Gasteiger partial charge in [-0.3, -0.25) is 0 Å².